The number of amides is 2. The van der Waals surface area contributed by atoms with E-state index in [1.165, 1.54) is 29.2 Å². The van der Waals surface area contributed by atoms with E-state index >= 15 is 0 Å². The lowest BCUT2D eigenvalue weighted by Gasteiger charge is -2.29. The van der Waals surface area contributed by atoms with Crippen LogP contribution in [0.1, 0.15) is 52.7 Å². The molecule has 1 N–H and O–H groups in total. The number of aryl methyl sites for hydroxylation is 1. The number of halogens is 2. The maximum absolute atomic E-state index is 13.9. The number of ether oxygens (including phenoxy) is 2. The van der Waals surface area contributed by atoms with Gasteiger partial charge < -0.3 is 24.3 Å². The van der Waals surface area contributed by atoms with Gasteiger partial charge in [0.1, 0.15) is 23.2 Å². The number of benzene rings is 2. The highest BCUT2D eigenvalue weighted by molar-refractivity contribution is 6.05. The molecule has 1 saturated heterocycles. The van der Waals surface area contributed by atoms with Gasteiger partial charge in [0.25, 0.3) is 11.5 Å². The second kappa shape index (κ2) is 10.9. The fraction of sp³-hybridized carbons (Fsp3) is 0.345. The highest BCUT2D eigenvalue weighted by Gasteiger charge is 2.44. The minimum Gasteiger partial charge on any atom is -0.497 e. The second-order valence-electron chi connectivity index (χ2n) is 9.83. The molecule has 10 heteroatoms. The molecule has 0 unspecified atom stereocenters. The van der Waals surface area contributed by atoms with E-state index in [1.54, 1.807) is 36.9 Å². The maximum atomic E-state index is 13.9. The minimum absolute atomic E-state index is 0.0805. The number of alkyl halides is 2. The standard InChI is InChI=1S/C29H29F2N3O5/c1-17-14-15-33(20-4-3-5-20)28(37)25(17)34-16-23(18-6-10-21(38-2)11-7-18)24(27(34)36)32-26(35)19-8-12-22(13-9-19)39-29(30)31/h6-15,20,23-24,29H,3-5,16H2,1-2H3,(H,32,35)/t23-,24-/m0/s1. The third-order valence-corrected chi connectivity index (χ3v) is 7.52. The van der Waals surface area contributed by atoms with Gasteiger partial charge >= 0.3 is 6.61 Å². The summed E-state index contributed by atoms with van der Waals surface area (Å²) in [7, 11) is 1.56. The largest absolute Gasteiger partial charge is 0.497 e. The summed E-state index contributed by atoms with van der Waals surface area (Å²) in [5, 5.41) is 2.82. The van der Waals surface area contributed by atoms with Crippen molar-refractivity contribution in [3.05, 3.63) is 87.8 Å². The predicted octanol–water partition coefficient (Wildman–Crippen LogP) is 4.42. The summed E-state index contributed by atoms with van der Waals surface area (Å²) in [6.07, 6.45) is 4.69. The fourth-order valence-electron chi connectivity index (χ4n) is 5.17. The number of aromatic nitrogens is 1. The average Bonchev–Trinajstić information content (AvgIpc) is 3.20. The number of nitrogens with zero attached hydrogens (tertiary/aromatic N) is 2. The number of anilines is 1. The first kappa shape index (κ1) is 26.4. The van der Waals surface area contributed by atoms with E-state index in [-0.39, 0.29) is 29.5 Å². The van der Waals surface area contributed by atoms with Gasteiger partial charge in [-0.1, -0.05) is 12.1 Å². The van der Waals surface area contributed by atoms with Crippen LogP contribution in [0.25, 0.3) is 0 Å². The van der Waals surface area contributed by atoms with Gasteiger partial charge in [0, 0.05) is 30.3 Å². The Bertz CT molecular complexity index is 1420. The van der Waals surface area contributed by atoms with Crippen molar-refractivity contribution in [2.75, 3.05) is 18.6 Å². The number of methoxy groups -OCH3 is 1. The summed E-state index contributed by atoms with van der Waals surface area (Å²) in [6.45, 7) is -0.985. The molecule has 2 fully saturated rings. The van der Waals surface area contributed by atoms with Gasteiger partial charge in [-0.15, -0.1) is 0 Å². The van der Waals surface area contributed by atoms with Crippen molar-refractivity contribution < 1.29 is 27.8 Å². The Hall–Kier alpha value is -4.21. The van der Waals surface area contributed by atoms with Crippen molar-refractivity contribution >= 4 is 17.5 Å². The lowest BCUT2D eigenvalue weighted by molar-refractivity contribution is -0.118. The Kier molecular flexibility index (Phi) is 7.36. The van der Waals surface area contributed by atoms with Crippen LogP contribution in [0.2, 0.25) is 0 Å². The van der Waals surface area contributed by atoms with E-state index in [0.29, 0.717) is 17.0 Å². The van der Waals surface area contributed by atoms with Gasteiger partial charge in [0.05, 0.1) is 7.11 Å². The molecule has 1 saturated carbocycles. The molecule has 3 aromatic rings. The highest BCUT2D eigenvalue weighted by atomic mass is 19.3. The molecule has 0 radical (unpaired) electrons. The number of pyridine rings is 1. The molecule has 2 aliphatic rings. The van der Waals surface area contributed by atoms with Gasteiger partial charge in [-0.3, -0.25) is 14.4 Å². The summed E-state index contributed by atoms with van der Waals surface area (Å²) in [4.78, 5) is 42.0. The molecule has 0 bridgehead atoms. The van der Waals surface area contributed by atoms with Crippen molar-refractivity contribution in [1.29, 1.82) is 0 Å². The molecule has 1 aliphatic carbocycles. The number of carbonyl (C=O) groups excluding carboxylic acids is 2. The quantitative estimate of drug-likeness (QED) is 0.460. The zero-order valence-electron chi connectivity index (χ0n) is 21.6. The summed E-state index contributed by atoms with van der Waals surface area (Å²) >= 11 is 0. The maximum Gasteiger partial charge on any atom is 0.387 e. The Balaban J connectivity index is 1.47. The van der Waals surface area contributed by atoms with Crippen molar-refractivity contribution in [2.24, 2.45) is 0 Å². The smallest absolute Gasteiger partial charge is 0.387 e. The second-order valence-corrected chi connectivity index (χ2v) is 9.83. The number of carbonyl (C=O) groups is 2. The van der Waals surface area contributed by atoms with Crippen LogP contribution in [-0.4, -0.2) is 42.7 Å². The van der Waals surface area contributed by atoms with Gasteiger partial charge in [-0.05, 0) is 79.8 Å². The number of rotatable bonds is 8. The molecule has 204 valence electrons. The van der Waals surface area contributed by atoms with E-state index in [0.717, 1.165) is 24.8 Å². The van der Waals surface area contributed by atoms with E-state index in [2.05, 4.69) is 10.1 Å². The Morgan fingerprint density at radius 3 is 2.26 bits per heavy atom. The molecule has 0 spiro atoms. The highest BCUT2D eigenvalue weighted by Crippen LogP contribution is 2.35. The molecule has 39 heavy (non-hydrogen) atoms. The van der Waals surface area contributed by atoms with Gasteiger partial charge in [0.15, 0.2) is 0 Å². The molecule has 8 nitrogen and oxygen atoms in total. The van der Waals surface area contributed by atoms with Crippen molar-refractivity contribution in [2.45, 2.75) is 50.8 Å². The van der Waals surface area contributed by atoms with Crippen LogP contribution >= 0.6 is 0 Å². The molecule has 2 heterocycles. The molecular weight excluding hydrogens is 508 g/mol. The first-order valence-electron chi connectivity index (χ1n) is 12.8. The van der Waals surface area contributed by atoms with Crippen LogP contribution in [-0.2, 0) is 4.79 Å². The van der Waals surface area contributed by atoms with Crippen molar-refractivity contribution in [3.63, 3.8) is 0 Å². The fourth-order valence-corrected chi connectivity index (χ4v) is 5.17. The third-order valence-electron chi connectivity index (χ3n) is 7.52. The van der Waals surface area contributed by atoms with Crippen LogP contribution in [0.5, 0.6) is 11.5 Å². The predicted molar refractivity (Wildman–Crippen MR) is 141 cm³/mol. The lowest BCUT2D eigenvalue weighted by Crippen LogP contribution is -2.45. The SMILES string of the molecule is COc1ccc([C@@H]2CN(c3c(C)ccn(C4CCC4)c3=O)C(=O)[C@H]2NC(=O)c2ccc(OC(F)F)cc2)cc1. The van der Waals surface area contributed by atoms with Crippen LogP contribution in [0.15, 0.2) is 65.6 Å². The Morgan fingerprint density at radius 1 is 1.00 bits per heavy atom. The molecule has 1 aromatic heterocycles. The third kappa shape index (κ3) is 5.23. The van der Waals surface area contributed by atoms with Crippen molar-refractivity contribution in [3.8, 4) is 11.5 Å². The molecular formula is C29H29F2N3O5. The normalized spacial score (nSPS) is 19.2. The molecule has 1 aliphatic heterocycles. The number of nitrogens with one attached hydrogen (secondary N) is 1. The van der Waals surface area contributed by atoms with E-state index in [1.807, 2.05) is 18.2 Å². The van der Waals surface area contributed by atoms with Crippen LogP contribution in [0.4, 0.5) is 14.5 Å². The van der Waals surface area contributed by atoms with E-state index in [4.69, 9.17) is 4.74 Å². The number of hydrogen-bond donors (Lipinski definition) is 1. The number of hydrogen-bond acceptors (Lipinski definition) is 5. The van der Waals surface area contributed by atoms with E-state index < -0.39 is 30.4 Å². The van der Waals surface area contributed by atoms with Crippen LogP contribution in [0.3, 0.4) is 0 Å². The van der Waals surface area contributed by atoms with Crippen molar-refractivity contribution in [1.82, 2.24) is 9.88 Å². The topological polar surface area (TPSA) is 89.9 Å². The molecule has 2 atom stereocenters. The zero-order chi connectivity index (χ0) is 27.7. The summed E-state index contributed by atoms with van der Waals surface area (Å²) in [5.41, 5.74) is 1.75. The zero-order valence-corrected chi connectivity index (χ0v) is 21.6. The minimum atomic E-state index is -2.98. The van der Waals surface area contributed by atoms with Crippen LogP contribution < -0.4 is 25.2 Å². The van der Waals surface area contributed by atoms with Crippen LogP contribution in [0, 0.1) is 6.92 Å². The molecule has 5 rings (SSSR count). The lowest BCUT2D eigenvalue weighted by atomic mass is 9.92. The molecule has 2 aromatic carbocycles. The monoisotopic (exact) mass is 537 g/mol. The summed E-state index contributed by atoms with van der Waals surface area (Å²) < 4.78 is 36.3. The van der Waals surface area contributed by atoms with Gasteiger partial charge in [-0.2, -0.15) is 8.78 Å². The Labute approximate surface area is 224 Å². The molecule has 2 amide bonds. The van der Waals surface area contributed by atoms with E-state index in [9.17, 15) is 23.2 Å². The average molecular weight is 538 g/mol. The van der Waals surface area contributed by atoms with Gasteiger partial charge in [0.2, 0.25) is 5.91 Å². The summed E-state index contributed by atoms with van der Waals surface area (Å²) in [5.74, 6) is -0.829. The Morgan fingerprint density at radius 2 is 1.67 bits per heavy atom. The first-order chi connectivity index (χ1) is 18.8. The first-order valence-corrected chi connectivity index (χ1v) is 12.8. The van der Waals surface area contributed by atoms with Gasteiger partial charge in [-0.25, -0.2) is 0 Å². The summed E-state index contributed by atoms with van der Waals surface area (Å²) in [6, 6.07) is 13.5.